The fourth-order valence-corrected chi connectivity index (χ4v) is 1.49. The average molecular weight is 224 g/mol. The lowest BCUT2D eigenvalue weighted by Crippen LogP contribution is -2.52. The van der Waals surface area contributed by atoms with Gasteiger partial charge >= 0.3 is 0 Å². The lowest BCUT2D eigenvalue weighted by atomic mass is 9.97. The zero-order valence-electron chi connectivity index (χ0n) is 10.4. The minimum absolute atomic E-state index is 0.329. The molecule has 5 heteroatoms. The zero-order valence-corrected chi connectivity index (χ0v) is 10.4. The second-order valence-corrected chi connectivity index (χ2v) is 4.31. The molecule has 1 aromatic rings. The van der Waals surface area contributed by atoms with E-state index in [9.17, 15) is 4.79 Å². The maximum Gasteiger partial charge on any atom is 0.237 e. The van der Waals surface area contributed by atoms with Crippen LogP contribution in [0.4, 0.5) is 0 Å². The maximum atomic E-state index is 11.3. The summed E-state index contributed by atoms with van der Waals surface area (Å²) in [6.07, 6.45) is 2.44. The van der Waals surface area contributed by atoms with Crippen LogP contribution in [0, 0.1) is 13.8 Å². The molecule has 90 valence electrons. The molecule has 0 aliphatic rings. The van der Waals surface area contributed by atoms with Gasteiger partial charge in [0.25, 0.3) is 0 Å². The second kappa shape index (κ2) is 4.65. The van der Waals surface area contributed by atoms with Crippen molar-refractivity contribution in [2.45, 2.75) is 39.3 Å². The third-order valence-corrected chi connectivity index (χ3v) is 3.29. The number of aromatic nitrogens is 2. The highest BCUT2D eigenvalue weighted by molar-refractivity contribution is 5.84. The first kappa shape index (κ1) is 12.7. The number of rotatable bonds is 5. The van der Waals surface area contributed by atoms with Crippen LogP contribution < -0.4 is 11.1 Å². The largest absolute Gasteiger partial charge is 0.368 e. The maximum absolute atomic E-state index is 11.3. The molecule has 0 aromatic carbocycles. The van der Waals surface area contributed by atoms with Gasteiger partial charge in [0.1, 0.15) is 0 Å². The van der Waals surface area contributed by atoms with E-state index in [4.69, 9.17) is 5.73 Å². The molecule has 3 N–H and O–H groups in total. The lowest BCUT2D eigenvalue weighted by molar-refractivity contribution is -0.123. The van der Waals surface area contributed by atoms with Gasteiger partial charge in [0.05, 0.1) is 17.6 Å². The van der Waals surface area contributed by atoms with Crippen LogP contribution in [0.5, 0.6) is 0 Å². The second-order valence-electron chi connectivity index (χ2n) is 4.31. The number of primary amides is 1. The Bertz CT molecular complexity index is 385. The van der Waals surface area contributed by atoms with Crippen LogP contribution in [0.3, 0.4) is 0 Å². The molecule has 1 unspecified atom stereocenters. The lowest BCUT2D eigenvalue weighted by Gasteiger charge is -2.25. The number of carbonyl (C=O) groups is 1. The third-order valence-electron chi connectivity index (χ3n) is 3.29. The highest BCUT2D eigenvalue weighted by Crippen LogP contribution is 2.12. The minimum Gasteiger partial charge on any atom is -0.368 e. The van der Waals surface area contributed by atoms with Gasteiger partial charge in [0.2, 0.25) is 5.91 Å². The summed E-state index contributed by atoms with van der Waals surface area (Å²) in [6, 6.07) is 0. The first-order valence-corrected chi connectivity index (χ1v) is 5.38. The van der Waals surface area contributed by atoms with Crippen molar-refractivity contribution in [2.24, 2.45) is 5.73 Å². The molecule has 0 spiro atoms. The van der Waals surface area contributed by atoms with Gasteiger partial charge in [-0.05, 0) is 34.2 Å². The van der Waals surface area contributed by atoms with Crippen molar-refractivity contribution in [3.63, 3.8) is 0 Å². The molecule has 0 saturated carbocycles. The number of amides is 1. The molecule has 0 radical (unpaired) electrons. The minimum atomic E-state index is -0.662. The van der Waals surface area contributed by atoms with Gasteiger partial charge in [-0.2, -0.15) is 0 Å². The first-order chi connectivity index (χ1) is 7.40. The van der Waals surface area contributed by atoms with Crippen LogP contribution in [0.15, 0.2) is 6.33 Å². The molecular weight excluding hydrogens is 204 g/mol. The monoisotopic (exact) mass is 224 g/mol. The van der Waals surface area contributed by atoms with E-state index in [1.807, 2.05) is 25.3 Å². The smallest absolute Gasteiger partial charge is 0.237 e. The SMILES string of the molecule is CNC(C)(CCn1cnc(C)c1C)C(N)=O. The standard InChI is InChI=1S/C11H20N4O/c1-8-9(2)15(7-14-8)6-5-11(3,13-4)10(12)16/h7,13H,5-6H2,1-4H3,(H2,12,16). The molecule has 0 aliphatic heterocycles. The summed E-state index contributed by atoms with van der Waals surface area (Å²) in [5.41, 5.74) is 6.85. The highest BCUT2D eigenvalue weighted by atomic mass is 16.1. The normalized spacial score (nSPS) is 14.8. The van der Waals surface area contributed by atoms with Crippen LogP contribution in [-0.4, -0.2) is 28.0 Å². The third kappa shape index (κ3) is 2.41. The predicted octanol–water partition coefficient (Wildman–Crippen LogP) is 0.353. The van der Waals surface area contributed by atoms with Crippen molar-refractivity contribution in [2.75, 3.05) is 7.05 Å². The fourth-order valence-electron chi connectivity index (χ4n) is 1.49. The number of carbonyl (C=O) groups excluding carboxylic acids is 1. The number of hydrogen-bond acceptors (Lipinski definition) is 3. The van der Waals surface area contributed by atoms with E-state index < -0.39 is 5.54 Å². The fraction of sp³-hybridized carbons (Fsp3) is 0.636. The van der Waals surface area contributed by atoms with E-state index in [-0.39, 0.29) is 5.91 Å². The van der Waals surface area contributed by atoms with Gasteiger partial charge in [-0.25, -0.2) is 4.98 Å². The summed E-state index contributed by atoms with van der Waals surface area (Å²) in [7, 11) is 1.75. The van der Waals surface area contributed by atoms with Gasteiger partial charge < -0.3 is 15.6 Å². The summed E-state index contributed by atoms with van der Waals surface area (Å²) < 4.78 is 2.04. The number of nitrogens with two attached hydrogens (primary N) is 1. The Hall–Kier alpha value is -1.36. The van der Waals surface area contributed by atoms with Crippen LogP contribution >= 0.6 is 0 Å². The Morgan fingerprint density at radius 2 is 2.25 bits per heavy atom. The van der Waals surface area contributed by atoms with Crippen LogP contribution in [0.25, 0.3) is 0 Å². The summed E-state index contributed by atoms with van der Waals surface area (Å²) in [5, 5.41) is 2.97. The van der Waals surface area contributed by atoms with Gasteiger partial charge in [-0.3, -0.25) is 4.79 Å². The van der Waals surface area contributed by atoms with E-state index in [1.165, 1.54) is 0 Å². The van der Waals surface area contributed by atoms with E-state index in [1.54, 1.807) is 13.4 Å². The summed E-state index contributed by atoms with van der Waals surface area (Å²) >= 11 is 0. The number of likely N-dealkylation sites (N-methyl/N-ethyl adjacent to an activating group) is 1. The average Bonchev–Trinajstić information content (AvgIpc) is 2.56. The van der Waals surface area contributed by atoms with Gasteiger partial charge in [0.15, 0.2) is 0 Å². The van der Waals surface area contributed by atoms with Gasteiger partial charge in [-0.15, -0.1) is 0 Å². The number of nitrogens with one attached hydrogen (secondary N) is 1. The molecule has 1 atom stereocenters. The van der Waals surface area contributed by atoms with Crippen molar-refractivity contribution < 1.29 is 4.79 Å². The predicted molar refractivity (Wildman–Crippen MR) is 63.0 cm³/mol. The zero-order chi connectivity index (χ0) is 12.3. The number of hydrogen-bond donors (Lipinski definition) is 2. The van der Waals surface area contributed by atoms with E-state index in [0.29, 0.717) is 6.42 Å². The number of imidazole rings is 1. The Kier molecular flexibility index (Phi) is 3.70. The van der Waals surface area contributed by atoms with Crippen LogP contribution in [0.2, 0.25) is 0 Å². The van der Waals surface area contributed by atoms with Crippen LogP contribution in [0.1, 0.15) is 24.7 Å². The molecule has 1 heterocycles. The molecule has 16 heavy (non-hydrogen) atoms. The molecule has 0 fully saturated rings. The van der Waals surface area contributed by atoms with Crippen LogP contribution in [-0.2, 0) is 11.3 Å². The quantitative estimate of drug-likeness (QED) is 0.758. The van der Waals surface area contributed by atoms with E-state index >= 15 is 0 Å². The molecule has 0 bridgehead atoms. The van der Waals surface area contributed by atoms with Crippen molar-refractivity contribution in [3.05, 3.63) is 17.7 Å². The summed E-state index contributed by atoms with van der Waals surface area (Å²) in [6.45, 7) is 6.53. The molecule has 1 amide bonds. The van der Waals surface area contributed by atoms with E-state index in [0.717, 1.165) is 17.9 Å². The Balaban J connectivity index is 2.70. The molecule has 0 saturated heterocycles. The Morgan fingerprint density at radius 1 is 1.62 bits per heavy atom. The van der Waals surface area contributed by atoms with E-state index in [2.05, 4.69) is 10.3 Å². The molecule has 5 nitrogen and oxygen atoms in total. The van der Waals surface area contributed by atoms with Gasteiger partial charge in [-0.1, -0.05) is 0 Å². The number of aryl methyl sites for hydroxylation is 2. The Labute approximate surface area is 96.0 Å². The molecule has 1 aromatic heterocycles. The summed E-state index contributed by atoms with van der Waals surface area (Å²) in [5.74, 6) is -0.329. The van der Waals surface area contributed by atoms with Gasteiger partial charge in [0, 0.05) is 12.2 Å². The summed E-state index contributed by atoms with van der Waals surface area (Å²) in [4.78, 5) is 15.5. The highest BCUT2D eigenvalue weighted by Gasteiger charge is 2.28. The topological polar surface area (TPSA) is 72.9 Å². The van der Waals surface area contributed by atoms with Crippen molar-refractivity contribution in [1.82, 2.24) is 14.9 Å². The molecular formula is C11H20N4O. The van der Waals surface area contributed by atoms with Crippen molar-refractivity contribution in [3.8, 4) is 0 Å². The number of nitrogens with zero attached hydrogens (tertiary/aromatic N) is 2. The van der Waals surface area contributed by atoms with Crippen molar-refractivity contribution >= 4 is 5.91 Å². The van der Waals surface area contributed by atoms with Crippen molar-refractivity contribution in [1.29, 1.82) is 0 Å². The molecule has 0 aliphatic carbocycles. The Morgan fingerprint density at radius 3 is 2.62 bits per heavy atom. The first-order valence-electron chi connectivity index (χ1n) is 5.38. The molecule has 1 rings (SSSR count).